The molecule has 0 spiro atoms. The number of hydrogen-bond donors (Lipinski definition) is 1. The van der Waals surface area contributed by atoms with Gasteiger partial charge in [0.15, 0.2) is 0 Å². The van der Waals surface area contributed by atoms with Gasteiger partial charge in [0.25, 0.3) is 0 Å². The first kappa shape index (κ1) is 8.96. The fourth-order valence-electron chi connectivity index (χ4n) is 0.718. The van der Waals surface area contributed by atoms with Crippen LogP contribution in [0.1, 0.15) is 34.6 Å². The minimum absolute atomic E-state index is 0.613. The van der Waals surface area contributed by atoms with E-state index in [9.17, 15) is 0 Å². The molecule has 0 aliphatic carbocycles. The molecule has 1 heteroatoms. The molecule has 0 aliphatic rings. The van der Waals surface area contributed by atoms with Crippen LogP contribution in [0.2, 0.25) is 0 Å². The molecule has 0 amide bonds. The van der Waals surface area contributed by atoms with Crippen LogP contribution in [0.25, 0.3) is 0 Å². The van der Waals surface area contributed by atoms with Gasteiger partial charge in [0.1, 0.15) is 0 Å². The molecule has 9 heavy (non-hydrogen) atoms. The van der Waals surface area contributed by atoms with Crippen LogP contribution in [-0.4, -0.2) is 12.1 Å². The molecule has 0 bridgehead atoms. The van der Waals surface area contributed by atoms with Gasteiger partial charge in [-0.05, 0) is 12.8 Å². The van der Waals surface area contributed by atoms with Crippen molar-refractivity contribution in [2.24, 2.45) is 5.92 Å². The van der Waals surface area contributed by atoms with Gasteiger partial charge in [-0.2, -0.15) is 0 Å². The van der Waals surface area contributed by atoms with E-state index < -0.39 is 0 Å². The van der Waals surface area contributed by atoms with E-state index in [0.29, 0.717) is 12.1 Å². The van der Waals surface area contributed by atoms with Crippen LogP contribution in [0, 0.1) is 5.92 Å². The molecule has 0 aromatic rings. The highest BCUT2D eigenvalue weighted by Gasteiger charge is 2.06. The van der Waals surface area contributed by atoms with Gasteiger partial charge in [0.05, 0.1) is 0 Å². The maximum absolute atomic E-state index is 3.44. The van der Waals surface area contributed by atoms with Crippen molar-refractivity contribution in [2.45, 2.75) is 46.7 Å². The first-order valence-corrected chi connectivity index (χ1v) is 3.80. The summed E-state index contributed by atoms with van der Waals surface area (Å²) in [5.41, 5.74) is 0. The molecule has 0 rings (SSSR count). The smallest absolute Gasteiger partial charge is 0.00640 e. The van der Waals surface area contributed by atoms with Crippen LogP contribution in [0.5, 0.6) is 0 Å². The van der Waals surface area contributed by atoms with Crippen molar-refractivity contribution in [3.63, 3.8) is 0 Å². The van der Waals surface area contributed by atoms with E-state index in [2.05, 4.69) is 39.9 Å². The molecule has 0 fully saturated rings. The molecule has 0 aromatic carbocycles. The van der Waals surface area contributed by atoms with Crippen LogP contribution in [0.15, 0.2) is 0 Å². The molecule has 0 radical (unpaired) electrons. The number of nitrogens with one attached hydrogen (secondary N) is 1. The lowest BCUT2D eigenvalue weighted by atomic mass is 10.1. The quantitative estimate of drug-likeness (QED) is 0.615. The van der Waals surface area contributed by atoms with Crippen LogP contribution in [0.4, 0.5) is 0 Å². The Balaban J connectivity index is 3.38. The van der Waals surface area contributed by atoms with Gasteiger partial charge in [0, 0.05) is 12.1 Å². The third kappa shape index (κ3) is 4.46. The summed E-state index contributed by atoms with van der Waals surface area (Å²) in [6.45, 7) is 11.1. The fourth-order valence-corrected chi connectivity index (χ4v) is 0.718. The van der Waals surface area contributed by atoms with Gasteiger partial charge in [0.2, 0.25) is 0 Å². The van der Waals surface area contributed by atoms with E-state index in [-0.39, 0.29) is 0 Å². The standard InChI is InChI=1S/C8H19N/c1-6(2)8(5)9-7(3)4/h6-9H,1-5H3/t8-/m1/s1. The van der Waals surface area contributed by atoms with E-state index in [1.54, 1.807) is 0 Å². The molecule has 1 atom stereocenters. The third-order valence-electron chi connectivity index (χ3n) is 1.60. The topological polar surface area (TPSA) is 12.0 Å². The normalized spacial score (nSPS) is 15.0. The van der Waals surface area contributed by atoms with Crippen molar-refractivity contribution in [1.29, 1.82) is 0 Å². The first-order valence-electron chi connectivity index (χ1n) is 3.80. The van der Waals surface area contributed by atoms with Gasteiger partial charge < -0.3 is 5.32 Å². The van der Waals surface area contributed by atoms with E-state index in [1.807, 2.05) is 0 Å². The van der Waals surface area contributed by atoms with Gasteiger partial charge in [-0.25, -0.2) is 0 Å². The molecule has 0 aromatic heterocycles. The van der Waals surface area contributed by atoms with Crippen molar-refractivity contribution in [2.75, 3.05) is 0 Å². The van der Waals surface area contributed by atoms with Crippen LogP contribution < -0.4 is 5.32 Å². The van der Waals surface area contributed by atoms with Crippen molar-refractivity contribution < 1.29 is 0 Å². The Hall–Kier alpha value is -0.0400. The van der Waals surface area contributed by atoms with Crippen LogP contribution in [0.3, 0.4) is 0 Å². The molecule has 1 nitrogen and oxygen atoms in total. The second-order valence-corrected chi connectivity index (χ2v) is 3.35. The largest absolute Gasteiger partial charge is 0.312 e. The van der Waals surface area contributed by atoms with Crippen LogP contribution in [-0.2, 0) is 0 Å². The second kappa shape index (κ2) is 3.89. The lowest BCUT2D eigenvalue weighted by Gasteiger charge is -2.19. The molecule has 1 N–H and O–H groups in total. The zero-order chi connectivity index (χ0) is 7.44. The monoisotopic (exact) mass is 129 g/mol. The highest BCUT2D eigenvalue weighted by atomic mass is 14.9. The van der Waals surface area contributed by atoms with Gasteiger partial charge in [-0.1, -0.05) is 27.7 Å². The molecule has 0 heterocycles. The minimum atomic E-state index is 0.613. The highest BCUT2D eigenvalue weighted by Crippen LogP contribution is 2.00. The molecule has 0 saturated carbocycles. The van der Waals surface area contributed by atoms with E-state index >= 15 is 0 Å². The predicted octanol–water partition coefficient (Wildman–Crippen LogP) is 2.03. The summed E-state index contributed by atoms with van der Waals surface area (Å²) in [7, 11) is 0. The van der Waals surface area contributed by atoms with Gasteiger partial charge in [-0.3, -0.25) is 0 Å². The van der Waals surface area contributed by atoms with Crippen molar-refractivity contribution in [1.82, 2.24) is 5.32 Å². The molecule has 0 unspecified atom stereocenters. The van der Waals surface area contributed by atoms with E-state index in [1.165, 1.54) is 0 Å². The lowest BCUT2D eigenvalue weighted by Crippen LogP contribution is -2.35. The summed E-state index contributed by atoms with van der Waals surface area (Å²) in [6.07, 6.45) is 0. The second-order valence-electron chi connectivity index (χ2n) is 3.35. The maximum atomic E-state index is 3.44. The predicted molar refractivity (Wildman–Crippen MR) is 42.6 cm³/mol. The average molecular weight is 129 g/mol. The number of rotatable bonds is 3. The zero-order valence-corrected chi connectivity index (χ0v) is 7.23. The van der Waals surface area contributed by atoms with Gasteiger partial charge >= 0.3 is 0 Å². The summed E-state index contributed by atoms with van der Waals surface area (Å²) in [5, 5.41) is 3.44. The summed E-state index contributed by atoms with van der Waals surface area (Å²) in [5.74, 6) is 0.743. The molecule has 0 aliphatic heterocycles. The third-order valence-corrected chi connectivity index (χ3v) is 1.60. The SMILES string of the molecule is CC(C)N[C@H](C)C(C)C. The Morgan fingerprint density at radius 1 is 0.889 bits per heavy atom. The average Bonchev–Trinajstić information content (AvgIpc) is 1.63. The summed E-state index contributed by atoms with van der Waals surface area (Å²) < 4.78 is 0. The fraction of sp³-hybridized carbons (Fsp3) is 1.00. The Labute approximate surface area is 58.8 Å². The molecular weight excluding hydrogens is 110 g/mol. The molecule has 56 valence electrons. The van der Waals surface area contributed by atoms with E-state index in [0.717, 1.165) is 5.92 Å². The van der Waals surface area contributed by atoms with E-state index in [4.69, 9.17) is 0 Å². The molecule has 0 saturated heterocycles. The Bertz CT molecular complexity index is 67.0. The van der Waals surface area contributed by atoms with Gasteiger partial charge in [-0.15, -0.1) is 0 Å². The number of hydrogen-bond acceptors (Lipinski definition) is 1. The summed E-state index contributed by atoms with van der Waals surface area (Å²) >= 11 is 0. The Morgan fingerprint density at radius 2 is 1.33 bits per heavy atom. The zero-order valence-electron chi connectivity index (χ0n) is 7.23. The van der Waals surface area contributed by atoms with Crippen molar-refractivity contribution in [3.05, 3.63) is 0 Å². The van der Waals surface area contributed by atoms with Crippen molar-refractivity contribution >= 4 is 0 Å². The highest BCUT2D eigenvalue weighted by molar-refractivity contribution is 4.66. The Morgan fingerprint density at radius 3 is 1.44 bits per heavy atom. The molecular formula is C8H19N. The first-order chi connectivity index (χ1) is 4.04. The Kier molecular flexibility index (Phi) is 3.87. The minimum Gasteiger partial charge on any atom is -0.312 e. The summed E-state index contributed by atoms with van der Waals surface area (Å²) in [4.78, 5) is 0. The van der Waals surface area contributed by atoms with Crippen LogP contribution >= 0.6 is 0 Å². The lowest BCUT2D eigenvalue weighted by molar-refractivity contribution is 0.396. The maximum Gasteiger partial charge on any atom is 0.00640 e. The van der Waals surface area contributed by atoms with Crippen molar-refractivity contribution in [3.8, 4) is 0 Å². The summed E-state index contributed by atoms with van der Waals surface area (Å²) in [6, 6.07) is 1.26.